The average molecular weight is 264 g/mol. The predicted molar refractivity (Wildman–Crippen MR) is 55.8 cm³/mol. The first kappa shape index (κ1) is 15.8. The van der Waals surface area contributed by atoms with Crippen molar-refractivity contribution in [3.8, 4) is 0 Å². The molecule has 0 aromatic carbocycles. The van der Waals surface area contributed by atoms with E-state index in [9.17, 15) is 23.7 Å². The van der Waals surface area contributed by atoms with Crippen molar-refractivity contribution in [2.24, 2.45) is 0 Å². The molecule has 0 atom stereocenters. The molecule has 9 nitrogen and oxygen atoms in total. The molecule has 0 spiro atoms. The molecule has 0 aliphatic rings. The molecule has 10 heteroatoms. The molecule has 0 bridgehead atoms. The van der Waals surface area contributed by atoms with Gasteiger partial charge in [0.05, 0.1) is 13.1 Å². The van der Waals surface area contributed by atoms with E-state index < -0.39 is 49.9 Å². The number of hydrogen-bond acceptors (Lipinski definition) is 5. The minimum absolute atomic E-state index is 0.410. The first-order valence-electron chi connectivity index (χ1n) is 4.81. The fourth-order valence-corrected chi connectivity index (χ4v) is 0.780. The SMILES string of the molecule is O=C(O)CNC(=O)CNC(=O)CNC(=O)CNF. The fraction of sp³-hybridized carbons (Fsp3) is 0.500. The summed E-state index contributed by atoms with van der Waals surface area (Å²) in [6, 6.07) is 0. The van der Waals surface area contributed by atoms with E-state index >= 15 is 0 Å². The number of carboxylic acids is 1. The molecule has 0 unspecified atom stereocenters. The maximum atomic E-state index is 11.5. The van der Waals surface area contributed by atoms with Crippen LogP contribution >= 0.6 is 0 Å². The first-order valence-corrected chi connectivity index (χ1v) is 4.81. The zero-order valence-corrected chi connectivity index (χ0v) is 9.29. The van der Waals surface area contributed by atoms with Gasteiger partial charge < -0.3 is 21.1 Å². The van der Waals surface area contributed by atoms with Gasteiger partial charge in [0.2, 0.25) is 17.7 Å². The van der Waals surface area contributed by atoms with E-state index in [2.05, 4.69) is 10.6 Å². The first-order chi connectivity index (χ1) is 8.45. The molecule has 0 radical (unpaired) electrons. The summed E-state index contributed by atoms with van der Waals surface area (Å²) in [7, 11) is 0. The topological polar surface area (TPSA) is 137 Å². The summed E-state index contributed by atoms with van der Waals surface area (Å²) >= 11 is 0. The van der Waals surface area contributed by atoms with Crippen LogP contribution in [0.1, 0.15) is 0 Å². The number of carboxylic acid groups (broad SMARTS) is 1. The van der Waals surface area contributed by atoms with Gasteiger partial charge in [-0.15, -0.1) is 10.0 Å². The molecule has 3 amide bonds. The molecule has 102 valence electrons. The zero-order chi connectivity index (χ0) is 14.0. The summed E-state index contributed by atoms with van der Waals surface area (Å²) < 4.78 is 11.5. The van der Waals surface area contributed by atoms with Crippen molar-refractivity contribution in [1.29, 1.82) is 0 Å². The number of hydrogen-bond donors (Lipinski definition) is 5. The van der Waals surface area contributed by atoms with Crippen molar-refractivity contribution >= 4 is 23.7 Å². The maximum absolute atomic E-state index is 11.5. The van der Waals surface area contributed by atoms with E-state index in [1.165, 1.54) is 0 Å². The van der Waals surface area contributed by atoms with Crippen LogP contribution in [0.4, 0.5) is 4.48 Å². The number of nitrogens with one attached hydrogen (secondary N) is 4. The van der Waals surface area contributed by atoms with Crippen LogP contribution in [0.3, 0.4) is 0 Å². The molecule has 0 aromatic heterocycles. The van der Waals surface area contributed by atoms with E-state index in [1.807, 2.05) is 5.32 Å². The van der Waals surface area contributed by atoms with Crippen molar-refractivity contribution in [3.63, 3.8) is 0 Å². The molecule has 0 rings (SSSR count). The van der Waals surface area contributed by atoms with Gasteiger partial charge >= 0.3 is 5.97 Å². The quantitative estimate of drug-likeness (QED) is 0.294. The van der Waals surface area contributed by atoms with Crippen molar-refractivity contribution in [2.45, 2.75) is 0 Å². The Kier molecular flexibility index (Phi) is 7.77. The Morgan fingerprint density at radius 2 is 1.17 bits per heavy atom. The highest BCUT2D eigenvalue weighted by atomic mass is 19.2. The maximum Gasteiger partial charge on any atom is 0.322 e. The lowest BCUT2D eigenvalue weighted by molar-refractivity contribution is -0.137. The number of aliphatic carboxylic acids is 1. The summed E-state index contributed by atoms with van der Waals surface area (Å²) in [6.07, 6.45) is 0. The molecule has 0 aromatic rings. The molecular formula is C8H13FN4O5. The smallest absolute Gasteiger partial charge is 0.322 e. The Hall–Kier alpha value is -2.23. The lowest BCUT2D eigenvalue weighted by atomic mass is 10.5. The van der Waals surface area contributed by atoms with Crippen molar-refractivity contribution in [2.75, 3.05) is 26.2 Å². The van der Waals surface area contributed by atoms with E-state index in [-0.39, 0.29) is 0 Å². The Labute approximate surface area is 101 Å². The number of amides is 3. The van der Waals surface area contributed by atoms with Gasteiger partial charge in [0.25, 0.3) is 0 Å². The van der Waals surface area contributed by atoms with E-state index in [1.54, 1.807) is 0 Å². The lowest BCUT2D eigenvalue weighted by Gasteiger charge is -2.06. The molecule has 0 fully saturated rings. The summed E-state index contributed by atoms with van der Waals surface area (Å²) in [6.45, 7) is -1.95. The normalized spacial score (nSPS) is 9.39. The third kappa shape index (κ3) is 9.03. The number of carbonyl (C=O) groups excluding carboxylic acids is 3. The minimum atomic E-state index is -1.21. The van der Waals surface area contributed by atoms with E-state index in [0.717, 1.165) is 5.54 Å². The predicted octanol–water partition coefficient (Wildman–Crippen LogP) is -3.11. The molecule has 0 heterocycles. The highest BCUT2D eigenvalue weighted by molar-refractivity contribution is 5.89. The minimum Gasteiger partial charge on any atom is -0.480 e. The zero-order valence-electron chi connectivity index (χ0n) is 9.29. The van der Waals surface area contributed by atoms with Gasteiger partial charge in [0.15, 0.2) is 0 Å². The van der Waals surface area contributed by atoms with Crippen LogP contribution in [0, 0.1) is 0 Å². The van der Waals surface area contributed by atoms with Gasteiger partial charge in [-0.1, -0.05) is 0 Å². The van der Waals surface area contributed by atoms with Gasteiger partial charge in [-0.2, -0.15) is 0 Å². The van der Waals surface area contributed by atoms with E-state index in [0.29, 0.717) is 0 Å². The second kappa shape index (κ2) is 8.87. The average Bonchev–Trinajstić information content (AvgIpc) is 2.31. The number of halogens is 1. The van der Waals surface area contributed by atoms with E-state index in [4.69, 9.17) is 5.11 Å². The fourth-order valence-electron chi connectivity index (χ4n) is 0.780. The summed E-state index contributed by atoms with van der Waals surface area (Å²) in [5, 5.41) is 14.5. The molecule has 0 saturated heterocycles. The molecule has 0 aliphatic carbocycles. The van der Waals surface area contributed by atoms with Crippen molar-refractivity contribution in [1.82, 2.24) is 21.5 Å². The summed E-state index contributed by atoms with van der Waals surface area (Å²) in [4.78, 5) is 42.8. The van der Waals surface area contributed by atoms with Crippen LogP contribution in [0.2, 0.25) is 0 Å². The van der Waals surface area contributed by atoms with Crippen LogP contribution in [0.15, 0.2) is 0 Å². The highest BCUT2D eigenvalue weighted by Gasteiger charge is 2.08. The van der Waals surface area contributed by atoms with Gasteiger partial charge in [0.1, 0.15) is 13.1 Å². The molecule has 0 saturated carbocycles. The molecule has 18 heavy (non-hydrogen) atoms. The van der Waals surface area contributed by atoms with Crippen molar-refractivity contribution < 1.29 is 28.8 Å². The van der Waals surface area contributed by atoms with Crippen molar-refractivity contribution in [3.05, 3.63) is 0 Å². The Bertz CT molecular complexity index is 335. The molecule has 5 N–H and O–H groups in total. The Morgan fingerprint density at radius 1 is 0.778 bits per heavy atom. The summed E-state index contributed by atoms with van der Waals surface area (Å²) in [5.74, 6) is -3.26. The summed E-state index contributed by atoms with van der Waals surface area (Å²) in [5.41, 5.74) is 1.11. The van der Waals surface area contributed by atoms with Crippen LogP contribution in [0.25, 0.3) is 0 Å². The van der Waals surface area contributed by atoms with Crippen LogP contribution in [-0.2, 0) is 19.2 Å². The Morgan fingerprint density at radius 3 is 1.56 bits per heavy atom. The highest BCUT2D eigenvalue weighted by Crippen LogP contribution is 1.70. The molecule has 0 aliphatic heterocycles. The van der Waals surface area contributed by atoms with Crippen LogP contribution in [-0.4, -0.2) is 55.0 Å². The second-order valence-electron chi connectivity index (χ2n) is 3.03. The second-order valence-corrected chi connectivity index (χ2v) is 3.03. The third-order valence-electron chi connectivity index (χ3n) is 1.56. The van der Waals surface area contributed by atoms with Gasteiger partial charge in [0, 0.05) is 0 Å². The largest absolute Gasteiger partial charge is 0.480 e. The van der Waals surface area contributed by atoms with Crippen LogP contribution in [0.5, 0.6) is 0 Å². The van der Waals surface area contributed by atoms with Gasteiger partial charge in [-0.25, -0.2) is 0 Å². The van der Waals surface area contributed by atoms with Gasteiger partial charge in [-0.3, -0.25) is 19.2 Å². The Balaban J connectivity index is 3.67. The standard InChI is InChI=1S/C8H13FN4O5/c9-13-3-7(16)11-1-5(14)10-2-6(15)12-4-8(17)18/h13H,1-4H2,(H,10,14)(H,11,16)(H,12,15)(H,17,18). The van der Waals surface area contributed by atoms with Crippen LogP contribution < -0.4 is 21.5 Å². The number of rotatable bonds is 8. The lowest BCUT2D eigenvalue weighted by Crippen LogP contribution is -2.43. The monoisotopic (exact) mass is 264 g/mol. The third-order valence-corrected chi connectivity index (χ3v) is 1.56. The number of carbonyl (C=O) groups is 4. The molecular weight excluding hydrogens is 251 g/mol. The van der Waals surface area contributed by atoms with Gasteiger partial charge in [-0.05, 0) is 0 Å².